The normalized spacial score (nSPS) is 18.1. The lowest BCUT2D eigenvalue weighted by Gasteiger charge is -2.13. The van der Waals surface area contributed by atoms with Crippen LogP contribution in [0.5, 0.6) is 0 Å². The quantitative estimate of drug-likeness (QED) is 0.778. The summed E-state index contributed by atoms with van der Waals surface area (Å²) in [5, 5.41) is 15.5. The Bertz CT molecular complexity index is 482. The number of hydrogen-bond donors (Lipinski definition) is 2. The Hall–Kier alpha value is -1.96. The number of rotatable bonds is 6. The highest BCUT2D eigenvalue weighted by atomic mass is 16.5. The number of nitrogens with one attached hydrogen (secondary N) is 1. The predicted octanol–water partition coefficient (Wildman–Crippen LogP) is 0.431. The summed E-state index contributed by atoms with van der Waals surface area (Å²) < 4.78 is 5.10. The number of nitrogens with zero attached hydrogens (tertiary/aromatic N) is 3. The van der Waals surface area contributed by atoms with Gasteiger partial charge in [-0.3, -0.25) is 9.59 Å². The maximum Gasteiger partial charge on any atom is 0.303 e. The van der Waals surface area contributed by atoms with Crippen LogP contribution in [-0.2, 0) is 4.79 Å². The molecule has 2 rings (SSSR count). The zero-order valence-electron chi connectivity index (χ0n) is 11.3. The number of amides is 1. The Morgan fingerprint density at radius 3 is 3.00 bits per heavy atom. The lowest BCUT2D eigenvalue weighted by Crippen LogP contribution is -2.29. The average molecular weight is 282 g/mol. The molecule has 0 aromatic carbocycles. The topological polar surface area (TPSA) is 109 Å². The number of aliphatic carboxylic acids is 1. The Morgan fingerprint density at radius 1 is 1.55 bits per heavy atom. The van der Waals surface area contributed by atoms with Gasteiger partial charge in [0, 0.05) is 20.0 Å². The third-order valence-electron chi connectivity index (χ3n) is 3.22. The maximum atomic E-state index is 12.0. The minimum atomic E-state index is -0.875. The van der Waals surface area contributed by atoms with Gasteiger partial charge in [0.15, 0.2) is 0 Å². The Labute approximate surface area is 116 Å². The smallest absolute Gasteiger partial charge is 0.303 e. The second-order valence-electron chi connectivity index (χ2n) is 4.83. The number of carbonyl (C=O) groups is 2. The fraction of sp³-hybridized carbons (Fsp3) is 0.667. The molecule has 8 heteroatoms. The van der Waals surface area contributed by atoms with Gasteiger partial charge in [0.05, 0.1) is 6.04 Å². The second kappa shape index (κ2) is 6.47. The van der Waals surface area contributed by atoms with Crippen molar-refractivity contribution in [3.8, 4) is 0 Å². The number of aromatic nitrogens is 2. The van der Waals surface area contributed by atoms with Crippen molar-refractivity contribution in [3.05, 3.63) is 11.7 Å². The number of carboxylic acid groups (broad SMARTS) is 1. The molecule has 0 saturated carbocycles. The van der Waals surface area contributed by atoms with Crippen LogP contribution in [0, 0.1) is 0 Å². The first-order chi connectivity index (χ1) is 9.58. The van der Waals surface area contributed by atoms with Gasteiger partial charge in [-0.2, -0.15) is 4.98 Å². The molecule has 1 aliphatic heterocycles. The van der Waals surface area contributed by atoms with Crippen molar-refractivity contribution in [2.24, 2.45) is 0 Å². The molecule has 1 aromatic heterocycles. The van der Waals surface area contributed by atoms with E-state index in [1.165, 1.54) is 4.90 Å². The van der Waals surface area contributed by atoms with Crippen LogP contribution >= 0.6 is 0 Å². The Kier molecular flexibility index (Phi) is 4.67. The molecule has 1 unspecified atom stereocenters. The summed E-state index contributed by atoms with van der Waals surface area (Å²) in [6.45, 7) is 1.25. The summed E-state index contributed by atoms with van der Waals surface area (Å²) in [5.74, 6) is -0.778. The summed E-state index contributed by atoms with van der Waals surface area (Å²) in [7, 11) is 1.59. The van der Waals surface area contributed by atoms with Gasteiger partial charge in [-0.25, -0.2) is 0 Å². The van der Waals surface area contributed by atoms with Crippen molar-refractivity contribution in [1.82, 2.24) is 20.4 Å². The third kappa shape index (κ3) is 3.53. The van der Waals surface area contributed by atoms with Crippen LogP contribution in [0.15, 0.2) is 4.52 Å². The maximum absolute atomic E-state index is 12.0. The lowest BCUT2D eigenvalue weighted by molar-refractivity contribution is -0.137. The van der Waals surface area contributed by atoms with Gasteiger partial charge in [0.1, 0.15) is 0 Å². The van der Waals surface area contributed by atoms with Crippen molar-refractivity contribution < 1.29 is 19.2 Å². The largest absolute Gasteiger partial charge is 0.481 e. The molecule has 8 nitrogen and oxygen atoms in total. The number of carboxylic acids is 1. The minimum absolute atomic E-state index is 0.0199. The fourth-order valence-corrected chi connectivity index (χ4v) is 2.10. The first kappa shape index (κ1) is 14.4. The standard InChI is InChI=1S/C12H18N4O4/c1-16(7-3-5-9(17)18)12(19)10-14-11(20-15-10)8-4-2-6-13-8/h8,13H,2-7H2,1H3,(H,17,18). The van der Waals surface area contributed by atoms with E-state index in [2.05, 4.69) is 15.5 Å². The molecule has 110 valence electrons. The molecule has 0 bridgehead atoms. The molecule has 0 aliphatic carbocycles. The van der Waals surface area contributed by atoms with E-state index in [0.717, 1.165) is 19.4 Å². The summed E-state index contributed by atoms with van der Waals surface area (Å²) in [6.07, 6.45) is 2.39. The molecular formula is C12H18N4O4. The molecule has 0 spiro atoms. The zero-order chi connectivity index (χ0) is 14.5. The minimum Gasteiger partial charge on any atom is -0.481 e. The van der Waals surface area contributed by atoms with Crippen LogP contribution in [0.1, 0.15) is 48.2 Å². The molecular weight excluding hydrogens is 264 g/mol. The van der Waals surface area contributed by atoms with Crippen LogP contribution in [0.2, 0.25) is 0 Å². The monoisotopic (exact) mass is 282 g/mol. The molecule has 0 radical (unpaired) electrons. The molecule has 1 amide bonds. The molecule has 1 aliphatic rings. The average Bonchev–Trinajstić information content (AvgIpc) is 3.07. The van der Waals surface area contributed by atoms with Crippen molar-refractivity contribution in [2.75, 3.05) is 20.1 Å². The number of hydrogen-bond acceptors (Lipinski definition) is 6. The molecule has 1 aromatic rings. The Balaban J connectivity index is 1.89. The zero-order valence-corrected chi connectivity index (χ0v) is 11.3. The van der Waals surface area contributed by atoms with Crippen LogP contribution in [0.3, 0.4) is 0 Å². The van der Waals surface area contributed by atoms with Gasteiger partial charge in [0.2, 0.25) is 5.89 Å². The molecule has 2 heterocycles. The van der Waals surface area contributed by atoms with E-state index < -0.39 is 5.97 Å². The van der Waals surface area contributed by atoms with Gasteiger partial charge in [0.25, 0.3) is 11.7 Å². The van der Waals surface area contributed by atoms with Gasteiger partial charge in [-0.15, -0.1) is 0 Å². The van der Waals surface area contributed by atoms with Crippen molar-refractivity contribution in [2.45, 2.75) is 31.7 Å². The van der Waals surface area contributed by atoms with Crippen molar-refractivity contribution in [1.29, 1.82) is 0 Å². The SMILES string of the molecule is CN(CCCC(=O)O)C(=O)c1noc(C2CCCN2)n1. The molecule has 1 atom stereocenters. The van der Waals surface area contributed by atoms with Gasteiger partial charge >= 0.3 is 5.97 Å². The molecule has 2 N–H and O–H groups in total. The van der Waals surface area contributed by atoms with E-state index in [-0.39, 0.29) is 24.2 Å². The van der Waals surface area contributed by atoms with Crippen LogP contribution in [-0.4, -0.2) is 52.2 Å². The first-order valence-electron chi connectivity index (χ1n) is 6.62. The van der Waals surface area contributed by atoms with Crippen molar-refractivity contribution >= 4 is 11.9 Å². The van der Waals surface area contributed by atoms with Gasteiger partial charge in [-0.1, -0.05) is 5.16 Å². The fourth-order valence-electron chi connectivity index (χ4n) is 2.10. The lowest BCUT2D eigenvalue weighted by atomic mass is 10.2. The number of carbonyl (C=O) groups excluding carboxylic acids is 1. The Morgan fingerprint density at radius 2 is 2.35 bits per heavy atom. The highest BCUT2D eigenvalue weighted by Crippen LogP contribution is 2.21. The van der Waals surface area contributed by atoms with E-state index in [9.17, 15) is 9.59 Å². The highest BCUT2D eigenvalue weighted by molar-refractivity contribution is 5.90. The van der Waals surface area contributed by atoms with Crippen molar-refractivity contribution in [3.63, 3.8) is 0 Å². The molecule has 20 heavy (non-hydrogen) atoms. The van der Waals surface area contributed by atoms with Crippen LogP contribution in [0.4, 0.5) is 0 Å². The summed E-state index contributed by atoms with van der Waals surface area (Å²) in [6, 6.07) is 0.0290. The highest BCUT2D eigenvalue weighted by Gasteiger charge is 2.25. The van der Waals surface area contributed by atoms with E-state index in [0.29, 0.717) is 18.9 Å². The summed E-state index contributed by atoms with van der Waals surface area (Å²) >= 11 is 0. The van der Waals surface area contributed by atoms with Gasteiger partial charge in [-0.05, 0) is 25.8 Å². The predicted molar refractivity (Wildman–Crippen MR) is 68.1 cm³/mol. The first-order valence-corrected chi connectivity index (χ1v) is 6.62. The molecule has 1 saturated heterocycles. The van der Waals surface area contributed by atoms with E-state index >= 15 is 0 Å². The van der Waals surface area contributed by atoms with E-state index in [1.54, 1.807) is 7.05 Å². The summed E-state index contributed by atoms with van der Waals surface area (Å²) in [4.78, 5) is 28.0. The van der Waals surface area contributed by atoms with Crippen LogP contribution in [0.25, 0.3) is 0 Å². The molecule has 1 fully saturated rings. The second-order valence-corrected chi connectivity index (χ2v) is 4.83. The summed E-state index contributed by atoms with van der Waals surface area (Å²) in [5.41, 5.74) is 0. The third-order valence-corrected chi connectivity index (χ3v) is 3.22. The van der Waals surface area contributed by atoms with E-state index in [1.807, 2.05) is 0 Å². The van der Waals surface area contributed by atoms with Crippen LogP contribution < -0.4 is 5.32 Å². The van der Waals surface area contributed by atoms with Gasteiger partial charge < -0.3 is 19.8 Å². The van der Waals surface area contributed by atoms with E-state index in [4.69, 9.17) is 9.63 Å².